The second kappa shape index (κ2) is 7.01. The lowest BCUT2D eigenvalue weighted by atomic mass is 10.2. The van der Waals surface area contributed by atoms with Crippen LogP contribution < -0.4 is 0 Å². The van der Waals surface area contributed by atoms with Gasteiger partial charge in [0.15, 0.2) is 0 Å². The van der Waals surface area contributed by atoms with Crippen LogP contribution in [0.15, 0.2) is 4.99 Å². The van der Waals surface area contributed by atoms with Crippen molar-refractivity contribution in [3.05, 3.63) is 0 Å². The zero-order chi connectivity index (χ0) is 9.40. The molecule has 0 aliphatic carbocycles. The molecule has 0 bridgehead atoms. The molecule has 0 aliphatic rings. The molecule has 0 spiro atoms. The first-order chi connectivity index (χ1) is 5.66. The van der Waals surface area contributed by atoms with Gasteiger partial charge in [-0.05, 0) is 20.3 Å². The van der Waals surface area contributed by atoms with Crippen LogP contribution in [0, 0.1) is 0 Å². The number of hydrogen-bond acceptors (Lipinski definition) is 2. The van der Waals surface area contributed by atoms with Crippen molar-refractivity contribution >= 4 is 11.5 Å². The maximum absolute atomic E-state index is 10.7. The molecule has 0 aromatic rings. The standard InChI is InChI=1S/C10H19NO/c1-4-5-6-7-11-9(2)8-10(3)12/h4-8H2,1-3H3. The highest BCUT2D eigenvalue weighted by Gasteiger charge is 1.95. The Morgan fingerprint density at radius 3 is 2.42 bits per heavy atom. The highest BCUT2D eigenvalue weighted by molar-refractivity contribution is 5.99. The SMILES string of the molecule is CCCCCN=C(C)CC(C)=O. The van der Waals surface area contributed by atoms with Crippen LogP contribution in [0.5, 0.6) is 0 Å². The van der Waals surface area contributed by atoms with E-state index in [4.69, 9.17) is 0 Å². The third-order valence-corrected chi connectivity index (χ3v) is 1.65. The lowest BCUT2D eigenvalue weighted by molar-refractivity contribution is -0.115. The van der Waals surface area contributed by atoms with Crippen LogP contribution in [0.1, 0.15) is 46.5 Å². The number of carbonyl (C=O) groups is 1. The van der Waals surface area contributed by atoms with Gasteiger partial charge in [-0.2, -0.15) is 0 Å². The summed E-state index contributed by atoms with van der Waals surface area (Å²) in [7, 11) is 0. The molecule has 0 radical (unpaired) electrons. The first-order valence-electron chi connectivity index (χ1n) is 4.66. The number of ketones is 1. The average Bonchev–Trinajstić information content (AvgIpc) is 1.97. The summed E-state index contributed by atoms with van der Waals surface area (Å²) in [5, 5.41) is 0. The van der Waals surface area contributed by atoms with Crippen molar-refractivity contribution in [2.75, 3.05) is 6.54 Å². The van der Waals surface area contributed by atoms with Gasteiger partial charge in [-0.1, -0.05) is 19.8 Å². The summed E-state index contributed by atoms with van der Waals surface area (Å²) in [5.41, 5.74) is 0.971. The van der Waals surface area contributed by atoms with E-state index < -0.39 is 0 Å². The Morgan fingerprint density at radius 2 is 1.92 bits per heavy atom. The van der Waals surface area contributed by atoms with Crippen molar-refractivity contribution in [2.45, 2.75) is 46.5 Å². The third kappa shape index (κ3) is 7.45. The minimum absolute atomic E-state index is 0.201. The molecule has 0 amide bonds. The number of carbonyl (C=O) groups excluding carboxylic acids is 1. The lowest BCUT2D eigenvalue weighted by Crippen LogP contribution is -2.00. The molecule has 0 unspecified atom stereocenters. The molecular weight excluding hydrogens is 150 g/mol. The fourth-order valence-electron chi connectivity index (χ4n) is 1.05. The molecule has 2 nitrogen and oxygen atoms in total. The molecule has 0 N–H and O–H groups in total. The van der Waals surface area contributed by atoms with Crippen LogP contribution >= 0.6 is 0 Å². The molecule has 0 heterocycles. The van der Waals surface area contributed by atoms with Gasteiger partial charge in [0.05, 0.1) is 0 Å². The highest BCUT2D eigenvalue weighted by Crippen LogP contribution is 1.95. The quantitative estimate of drug-likeness (QED) is 0.444. The number of aliphatic imine (C=N–C) groups is 1. The summed E-state index contributed by atoms with van der Waals surface area (Å²) < 4.78 is 0. The van der Waals surface area contributed by atoms with E-state index in [1.54, 1.807) is 6.92 Å². The lowest BCUT2D eigenvalue weighted by Gasteiger charge is -1.97. The van der Waals surface area contributed by atoms with Gasteiger partial charge in [0.25, 0.3) is 0 Å². The van der Waals surface area contributed by atoms with E-state index in [2.05, 4.69) is 11.9 Å². The third-order valence-electron chi connectivity index (χ3n) is 1.65. The van der Waals surface area contributed by atoms with Crippen molar-refractivity contribution < 1.29 is 4.79 Å². The van der Waals surface area contributed by atoms with Gasteiger partial charge in [-0.25, -0.2) is 0 Å². The molecule has 0 atom stereocenters. The van der Waals surface area contributed by atoms with Crippen LogP contribution in [-0.4, -0.2) is 18.0 Å². The molecule has 0 saturated heterocycles. The van der Waals surface area contributed by atoms with Crippen LogP contribution in [0.3, 0.4) is 0 Å². The molecule has 0 aromatic heterocycles. The van der Waals surface area contributed by atoms with Gasteiger partial charge in [0, 0.05) is 18.7 Å². The molecule has 0 saturated carbocycles. The molecule has 0 aromatic carbocycles. The number of unbranched alkanes of at least 4 members (excludes halogenated alkanes) is 2. The predicted molar refractivity (Wildman–Crippen MR) is 52.8 cm³/mol. The first-order valence-corrected chi connectivity index (χ1v) is 4.66. The minimum Gasteiger partial charge on any atom is -0.300 e. The van der Waals surface area contributed by atoms with Crippen molar-refractivity contribution in [3.63, 3.8) is 0 Å². The van der Waals surface area contributed by atoms with E-state index in [-0.39, 0.29) is 5.78 Å². The monoisotopic (exact) mass is 169 g/mol. The van der Waals surface area contributed by atoms with E-state index in [1.165, 1.54) is 12.8 Å². The average molecular weight is 169 g/mol. The van der Waals surface area contributed by atoms with Crippen LogP contribution in [0.4, 0.5) is 0 Å². The van der Waals surface area contributed by atoms with E-state index in [0.717, 1.165) is 18.7 Å². The first kappa shape index (κ1) is 11.3. The Labute approximate surface area is 75.1 Å². The molecule has 0 fully saturated rings. The Hall–Kier alpha value is -0.660. The van der Waals surface area contributed by atoms with Crippen LogP contribution in [0.2, 0.25) is 0 Å². The van der Waals surface area contributed by atoms with E-state index in [9.17, 15) is 4.79 Å². The van der Waals surface area contributed by atoms with E-state index in [0.29, 0.717) is 6.42 Å². The second-order valence-corrected chi connectivity index (χ2v) is 3.20. The Balaban J connectivity index is 3.48. The largest absolute Gasteiger partial charge is 0.300 e. The van der Waals surface area contributed by atoms with Gasteiger partial charge in [0.2, 0.25) is 0 Å². The topological polar surface area (TPSA) is 29.4 Å². The summed E-state index contributed by atoms with van der Waals surface area (Å²) >= 11 is 0. The Bertz CT molecular complexity index is 161. The molecular formula is C10H19NO. The Morgan fingerprint density at radius 1 is 1.25 bits per heavy atom. The molecule has 12 heavy (non-hydrogen) atoms. The van der Waals surface area contributed by atoms with Crippen molar-refractivity contribution in [1.82, 2.24) is 0 Å². The molecule has 0 aliphatic heterocycles. The number of Topliss-reactive ketones (excluding diaryl/α,β-unsaturated/α-hetero) is 1. The van der Waals surface area contributed by atoms with E-state index >= 15 is 0 Å². The Kier molecular flexibility index (Phi) is 6.63. The molecule has 0 rings (SSSR count). The van der Waals surface area contributed by atoms with Gasteiger partial charge in [-0.15, -0.1) is 0 Å². The number of rotatable bonds is 6. The minimum atomic E-state index is 0.201. The zero-order valence-corrected chi connectivity index (χ0v) is 8.39. The summed E-state index contributed by atoms with van der Waals surface area (Å²) in [6.07, 6.45) is 4.12. The summed E-state index contributed by atoms with van der Waals surface area (Å²) in [6.45, 7) is 6.58. The van der Waals surface area contributed by atoms with Crippen LogP contribution in [-0.2, 0) is 4.79 Å². The van der Waals surface area contributed by atoms with Gasteiger partial charge >= 0.3 is 0 Å². The van der Waals surface area contributed by atoms with Gasteiger partial charge in [0.1, 0.15) is 5.78 Å². The maximum atomic E-state index is 10.7. The maximum Gasteiger partial charge on any atom is 0.135 e. The smallest absolute Gasteiger partial charge is 0.135 e. The van der Waals surface area contributed by atoms with E-state index in [1.807, 2.05) is 6.92 Å². The fraction of sp³-hybridized carbons (Fsp3) is 0.800. The predicted octanol–water partition coefficient (Wildman–Crippen LogP) is 2.62. The van der Waals surface area contributed by atoms with Crippen molar-refractivity contribution in [3.8, 4) is 0 Å². The molecule has 2 heteroatoms. The highest BCUT2D eigenvalue weighted by atomic mass is 16.1. The summed E-state index contributed by atoms with van der Waals surface area (Å²) in [6, 6.07) is 0. The summed E-state index contributed by atoms with van der Waals surface area (Å²) in [5.74, 6) is 0.201. The zero-order valence-electron chi connectivity index (χ0n) is 8.39. The van der Waals surface area contributed by atoms with Crippen LogP contribution in [0.25, 0.3) is 0 Å². The number of hydrogen-bond donors (Lipinski definition) is 0. The molecule has 70 valence electrons. The fourth-order valence-corrected chi connectivity index (χ4v) is 1.05. The van der Waals surface area contributed by atoms with Gasteiger partial charge < -0.3 is 0 Å². The van der Waals surface area contributed by atoms with Crippen molar-refractivity contribution in [2.24, 2.45) is 4.99 Å². The summed E-state index contributed by atoms with van der Waals surface area (Å²) in [4.78, 5) is 15.0. The number of nitrogens with zero attached hydrogens (tertiary/aromatic N) is 1. The van der Waals surface area contributed by atoms with Crippen molar-refractivity contribution in [1.29, 1.82) is 0 Å². The normalized spacial score (nSPS) is 11.8. The van der Waals surface area contributed by atoms with Gasteiger partial charge in [-0.3, -0.25) is 9.79 Å². The second-order valence-electron chi connectivity index (χ2n) is 3.20.